The van der Waals surface area contributed by atoms with Crippen LogP contribution in [0.25, 0.3) is 0 Å². The van der Waals surface area contributed by atoms with Crippen LogP contribution >= 0.6 is 15.9 Å². The van der Waals surface area contributed by atoms with E-state index in [4.69, 9.17) is 15.2 Å². The van der Waals surface area contributed by atoms with Gasteiger partial charge in [0.25, 0.3) is 0 Å². The van der Waals surface area contributed by atoms with E-state index in [-0.39, 0.29) is 6.04 Å². The fourth-order valence-electron chi connectivity index (χ4n) is 1.46. The molecule has 1 rings (SSSR count). The van der Waals surface area contributed by atoms with E-state index in [0.29, 0.717) is 17.9 Å². The molecule has 0 unspecified atom stereocenters. The van der Waals surface area contributed by atoms with Crippen molar-refractivity contribution in [2.24, 2.45) is 5.73 Å². The third kappa shape index (κ3) is 2.77. The Morgan fingerprint density at radius 1 is 1.38 bits per heavy atom. The first-order valence-corrected chi connectivity index (χ1v) is 5.71. The van der Waals surface area contributed by atoms with E-state index < -0.39 is 0 Å². The summed E-state index contributed by atoms with van der Waals surface area (Å²) >= 11 is 3.47. The van der Waals surface area contributed by atoms with Crippen molar-refractivity contribution in [3.63, 3.8) is 0 Å². The molecule has 4 heteroatoms. The molecule has 0 aromatic heterocycles. The van der Waals surface area contributed by atoms with Crippen LogP contribution in [-0.2, 0) is 0 Å². The lowest BCUT2D eigenvalue weighted by Crippen LogP contribution is -2.10. The molecule has 0 bridgehead atoms. The molecule has 0 saturated heterocycles. The van der Waals surface area contributed by atoms with Gasteiger partial charge in [-0.05, 0) is 24.1 Å². The number of hydrogen-bond donors (Lipinski definition) is 1. The third-order valence-corrected chi connectivity index (χ3v) is 3.01. The molecule has 0 aliphatic rings. The molecule has 1 aromatic carbocycles. The maximum Gasteiger partial charge on any atom is 0.161 e. The van der Waals surface area contributed by atoms with E-state index in [2.05, 4.69) is 22.5 Å². The Labute approximate surface area is 104 Å². The van der Waals surface area contributed by atoms with Crippen molar-refractivity contribution >= 4 is 15.9 Å². The monoisotopic (exact) mass is 285 g/mol. The average Bonchev–Trinajstić information content (AvgIpc) is 2.28. The Morgan fingerprint density at radius 3 is 2.44 bits per heavy atom. The second-order valence-corrected chi connectivity index (χ2v) is 4.21. The lowest BCUT2D eigenvalue weighted by atomic mass is 10.0. The van der Waals surface area contributed by atoms with Crippen molar-refractivity contribution in [1.29, 1.82) is 0 Å². The maximum atomic E-state index is 6.02. The van der Waals surface area contributed by atoms with Gasteiger partial charge in [-0.1, -0.05) is 22.0 Å². The summed E-state index contributed by atoms with van der Waals surface area (Å²) in [6, 6.07) is 3.65. The van der Waals surface area contributed by atoms with E-state index in [1.807, 2.05) is 12.1 Å². The molecule has 0 heterocycles. The van der Waals surface area contributed by atoms with Gasteiger partial charge in [0.1, 0.15) is 0 Å². The molecule has 0 spiro atoms. The Kier molecular flexibility index (Phi) is 4.83. The van der Waals surface area contributed by atoms with Gasteiger partial charge in [0.05, 0.1) is 14.2 Å². The molecule has 16 heavy (non-hydrogen) atoms. The molecule has 2 N–H and O–H groups in total. The topological polar surface area (TPSA) is 44.5 Å². The number of ether oxygens (including phenoxy) is 2. The highest BCUT2D eigenvalue weighted by atomic mass is 79.9. The highest BCUT2D eigenvalue weighted by molar-refractivity contribution is 9.10. The number of rotatable bonds is 5. The minimum atomic E-state index is -0.0910. The third-order valence-electron chi connectivity index (χ3n) is 2.32. The summed E-state index contributed by atoms with van der Waals surface area (Å²) in [5.74, 6) is 1.36. The largest absolute Gasteiger partial charge is 0.493 e. The van der Waals surface area contributed by atoms with Gasteiger partial charge in [-0.3, -0.25) is 0 Å². The van der Waals surface area contributed by atoms with Crippen LogP contribution in [0.5, 0.6) is 11.5 Å². The molecule has 0 amide bonds. The van der Waals surface area contributed by atoms with Crippen LogP contribution in [0.4, 0.5) is 0 Å². The summed E-state index contributed by atoms with van der Waals surface area (Å²) in [6.45, 7) is 3.68. The minimum Gasteiger partial charge on any atom is -0.493 e. The molecular formula is C12H16BrNO2. The van der Waals surface area contributed by atoms with Gasteiger partial charge in [-0.2, -0.15) is 0 Å². The highest BCUT2D eigenvalue weighted by Crippen LogP contribution is 2.36. The van der Waals surface area contributed by atoms with Crippen LogP contribution in [0.15, 0.2) is 29.3 Å². The maximum absolute atomic E-state index is 6.02. The molecule has 0 aliphatic heterocycles. The summed E-state index contributed by atoms with van der Waals surface area (Å²) < 4.78 is 11.3. The van der Waals surface area contributed by atoms with E-state index in [1.165, 1.54) is 0 Å². The van der Waals surface area contributed by atoms with Crippen LogP contribution in [0, 0.1) is 0 Å². The van der Waals surface area contributed by atoms with Crippen molar-refractivity contribution in [2.75, 3.05) is 14.2 Å². The van der Waals surface area contributed by atoms with Gasteiger partial charge in [0, 0.05) is 10.5 Å². The molecule has 0 aliphatic carbocycles. The van der Waals surface area contributed by atoms with E-state index >= 15 is 0 Å². The van der Waals surface area contributed by atoms with Crippen LogP contribution in [0.3, 0.4) is 0 Å². The average molecular weight is 286 g/mol. The summed E-state index contributed by atoms with van der Waals surface area (Å²) in [7, 11) is 3.21. The molecule has 1 atom stereocenters. The highest BCUT2D eigenvalue weighted by Gasteiger charge is 2.13. The molecule has 0 saturated carbocycles. The fraction of sp³-hybridized carbons (Fsp3) is 0.333. The molecule has 0 fully saturated rings. The number of nitrogens with two attached hydrogens (primary N) is 1. The van der Waals surface area contributed by atoms with Crippen LogP contribution in [-0.4, -0.2) is 14.2 Å². The zero-order chi connectivity index (χ0) is 12.1. The van der Waals surface area contributed by atoms with Crippen molar-refractivity contribution in [3.05, 3.63) is 34.8 Å². The van der Waals surface area contributed by atoms with Gasteiger partial charge in [-0.15, -0.1) is 6.58 Å². The first-order chi connectivity index (χ1) is 7.63. The second kappa shape index (κ2) is 5.92. The van der Waals surface area contributed by atoms with Gasteiger partial charge < -0.3 is 15.2 Å². The Balaban J connectivity index is 3.15. The normalized spacial score (nSPS) is 12.0. The number of hydrogen-bond acceptors (Lipinski definition) is 3. The lowest BCUT2D eigenvalue weighted by molar-refractivity contribution is 0.354. The molecule has 3 nitrogen and oxygen atoms in total. The molecule has 88 valence electrons. The van der Waals surface area contributed by atoms with E-state index in [0.717, 1.165) is 10.0 Å². The van der Waals surface area contributed by atoms with E-state index in [1.54, 1.807) is 20.3 Å². The Morgan fingerprint density at radius 2 is 1.94 bits per heavy atom. The predicted octanol–water partition coefficient (Wildman–Crippen LogP) is 3.04. The summed E-state index contributed by atoms with van der Waals surface area (Å²) in [5, 5.41) is 0. The van der Waals surface area contributed by atoms with Crippen LogP contribution in [0.2, 0.25) is 0 Å². The smallest absolute Gasteiger partial charge is 0.161 e. The lowest BCUT2D eigenvalue weighted by Gasteiger charge is -2.15. The van der Waals surface area contributed by atoms with E-state index in [9.17, 15) is 0 Å². The van der Waals surface area contributed by atoms with Gasteiger partial charge in [-0.25, -0.2) is 0 Å². The van der Waals surface area contributed by atoms with Crippen molar-refractivity contribution < 1.29 is 9.47 Å². The SMILES string of the molecule is C=CC[C@@H](N)c1cc(OC)c(OC)cc1Br. The van der Waals surface area contributed by atoms with Gasteiger partial charge in [0.15, 0.2) is 11.5 Å². The van der Waals surface area contributed by atoms with Crippen molar-refractivity contribution in [2.45, 2.75) is 12.5 Å². The molecular weight excluding hydrogens is 270 g/mol. The van der Waals surface area contributed by atoms with Gasteiger partial charge in [0.2, 0.25) is 0 Å². The van der Waals surface area contributed by atoms with Crippen LogP contribution in [0.1, 0.15) is 18.0 Å². The molecule has 0 radical (unpaired) electrons. The number of benzene rings is 1. The summed E-state index contributed by atoms with van der Waals surface area (Å²) in [6.07, 6.45) is 2.52. The Bertz CT molecular complexity index is 380. The van der Waals surface area contributed by atoms with Crippen LogP contribution < -0.4 is 15.2 Å². The van der Waals surface area contributed by atoms with Crippen molar-refractivity contribution in [1.82, 2.24) is 0 Å². The number of halogens is 1. The Hall–Kier alpha value is -1.00. The zero-order valence-electron chi connectivity index (χ0n) is 9.50. The van der Waals surface area contributed by atoms with Crippen molar-refractivity contribution in [3.8, 4) is 11.5 Å². The summed E-state index contributed by atoms with van der Waals surface area (Å²) in [5.41, 5.74) is 7.01. The van der Waals surface area contributed by atoms with Gasteiger partial charge >= 0.3 is 0 Å². The molecule has 1 aromatic rings. The second-order valence-electron chi connectivity index (χ2n) is 3.36. The standard InChI is InChI=1S/C12H16BrNO2/c1-4-5-10(14)8-6-11(15-2)12(16-3)7-9(8)13/h4,6-7,10H,1,5,14H2,2-3H3/t10-/m1/s1. The predicted molar refractivity (Wildman–Crippen MR) is 69.0 cm³/mol. The quantitative estimate of drug-likeness (QED) is 0.846. The zero-order valence-corrected chi connectivity index (χ0v) is 11.1. The minimum absolute atomic E-state index is 0.0910. The first-order valence-electron chi connectivity index (χ1n) is 4.92. The number of methoxy groups -OCH3 is 2. The first kappa shape index (κ1) is 13.1. The summed E-state index contributed by atoms with van der Waals surface area (Å²) in [4.78, 5) is 0. The fourth-order valence-corrected chi connectivity index (χ4v) is 2.08.